The Balaban J connectivity index is 1.87. The Morgan fingerprint density at radius 3 is 2.71 bits per heavy atom. The van der Waals surface area contributed by atoms with Gasteiger partial charge in [-0.25, -0.2) is 0 Å². The standard InChI is InChI=1S/C16H25N/c1-13(2)16-5-3-4-15(12-16)7-6-14-8-10-17-11-9-14/h3-5,12-14,17H,6-11H2,1-2H3. The zero-order chi connectivity index (χ0) is 12.1. The molecule has 2 rings (SSSR count). The van der Waals surface area contributed by atoms with Crippen molar-refractivity contribution in [3.63, 3.8) is 0 Å². The van der Waals surface area contributed by atoms with Crippen LogP contribution in [0, 0.1) is 5.92 Å². The lowest BCUT2D eigenvalue weighted by molar-refractivity contribution is 0.354. The van der Waals surface area contributed by atoms with Crippen LogP contribution in [0.5, 0.6) is 0 Å². The van der Waals surface area contributed by atoms with Gasteiger partial charge in [0.15, 0.2) is 0 Å². The van der Waals surface area contributed by atoms with Crippen LogP contribution in [-0.4, -0.2) is 13.1 Å². The molecule has 0 saturated carbocycles. The van der Waals surface area contributed by atoms with Gasteiger partial charge >= 0.3 is 0 Å². The largest absolute Gasteiger partial charge is 0.317 e. The molecule has 0 aliphatic carbocycles. The first-order chi connectivity index (χ1) is 8.25. The zero-order valence-corrected chi connectivity index (χ0v) is 11.2. The quantitative estimate of drug-likeness (QED) is 0.832. The van der Waals surface area contributed by atoms with Crippen LogP contribution < -0.4 is 5.32 Å². The van der Waals surface area contributed by atoms with Crippen LogP contribution in [0.1, 0.15) is 50.2 Å². The fraction of sp³-hybridized carbons (Fsp3) is 0.625. The molecule has 1 aromatic carbocycles. The summed E-state index contributed by atoms with van der Waals surface area (Å²) < 4.78 is 0. The normalized spacial score (nSPS) is 17.6. The van der Waals surface area contributed by atoms with Gasteiger partial charge in [0.25, 0.3) is 0 Å². The van der Waals surface area contributed by atoms with Crippen LogP contribution in [0.15, 0.2) is 24.3 Å². The maximum atomic E-state index is 3.44. The summed E-state index contributed by atoms with van der Waals surface area (Å²) in [7, 11) is 0. The second kappa shape index (κ2) is 6.20. The highest BCUT2D eigenvalue weighted by Crippen LogP contribution is 2.21. The number of hydrogen-bond donors (Lipinski definition) is 1. The summed E-state index contributed by atoms with van der Waals surface area (Å²) in [5.74, 6) is 1.59. The van der Waals surface area contributed by atoms with E-state index in [2.05, 4.69) is 43.4 Å². The molecule has 0 aromatic heterocycles. The highest BCUT2D eigenvalue weighted by atomic mass is 14.9. The predicted molar refractivity (Wildman–Crippen MR) is 74.4 cm³/mol. The lowest BCUT2D eigenvalue weighted by Crippen LogP contribution is -2.27. The zero-order valence-electron chi connectivity index (χ0n) is 11.2. The third-order valence-electron chi connectivity index (χ3n) is 3.92. The molecular weight excluding hydrogens is 206 g/mol. The molecule has 94 valence electrons. The monoisotopic (exact) mass is 231 g/mol. The van der Waals surface area contributed by atoms with Gasteiger partial charge in [-0.15, -0.1) is 0 Å². The van der Waals surface area contributed by atoms with E-state index in [0.29, 0.717) is 5.92 Å². The Kier molecular flexibility index (Phi) is 4.61. The molecule has 17 heavy (non-hydrogen) atoms. The molecule has 1 aliphatic heterocycles. The molecule has 1 aromatic rings. The van der Waals surface area contributed by atoms with E-state index in [1.807, 2.05) is 0 Å². The number of piperidine rings is 1. The molecule has 0 bridgehead atoms. The number of rotatable bonds is 4. The number of nitrogens with one attached hydrogen (secondary N) is 1. The van der Waals surface area contributed by atoms with Crippen molar-refractivity contribution in [1.29, 1.82) is 0 Å². The molecule has 1 N–H and O–H groups in total. The van der Waals surface area contributed by atoms with E-state index in [1.54, 1.807) is 0 Å². The molecule has 0 amide bonds. The van der Waals surface area contributed by atoms with E-state index in [4.69, 9.17) is 0 Å². The molecule has 0 atom stereocenters. The summed E-state index contributed by atoms with van der Waals surface area (Å²) in [6, 6.07) is 9.14. The van der Waals surface area contributed by atoms with Gasteiger partial charge in [0, 0.05) is 0 Å². The summed E-state index contributed by atoms with van der Waals surface area (Å²) in [5, 5.41) is 3.44. The third-order valence-corrected chi connectivity index (χ3v) is 3.92. The van der Waals surface area contributed by atoms with Gasteiger partial charge in [-0.3, -0.25) is 0 Å². The Hall–Kier alpha value is -0.820. The highest BCUT2D eigenvalue weighted by molar-refractivity contribution is 5.25. The van der Waals surface area contributed by atoms with Crippen molar-refractivity contribution in [1.82, 2.24) is 5.32 Å². The van der Waals surface area contributed by atoms with Crippen molar-refractivity contribution in [3.8, 4) is 0 Å². The SMILES string of the molecule is CC(C)c1cccc(CCC2CCNCC2)c1. The second-order valence-corrected chi connectivity index (χ2v) is 5.63. The predicted octanol–water partition coefficient (Wildman–Crippen LogP) is 3.74. The molecule has 1 heteroatoms. The molecule has 0 unspecified atom stereocenters. The van der Waals surface area contributed by atoms with Gasteiger partial charge in [-0.1, -0.05) is 38.1 Å². The minimum Gasteiger partial charge on any atom is -0.317 e. The molecule has 1 heterocycles. The number of benzene rings is 1. The summed E-state index contributed by atoms with van der Waals surface area (Å²) in [6.45, 7) is 6.98. The van der Waals surface area contributed by atoms with Gasteiger partial charge in [0.1, 0.15) is 0 Å². The van der Waals surface area contributed by atoms with E-state index in [1.165, 1.54) is 49.9 Å². The smallest absolute Gasteiger partial charge is 0.00463 e. The van der Waals surface area contributed by atoms with E-state index in [-0.39, 0.29) is 0 Å². The van der Waals surface area contributed by atoms with Crippen molar-refractivity contribution in [3.05, 3.63) is 35.4 Å². The molecule has 0 radical (unpaired) electrons. The van der Waals surface area contributed by atoms with Crippen LogP contribution in [0.25, 0.3) is 0 Å². The minimum atomic E-state index is 0.647. The van der Waals surface area contributed by atoms with E-state index in [9.17, 15) is 0 Å². The highest BCUT2D eigenvalue weighted by Gasteiger charge is 2.12. The molecule has 0 spiro atoms. The van der Waals surface area contributed by atoms with Crippen LogP contribution >= 0.6 is 0 Å². The molecule has 1 saturated heterocycles. The minimum absolute atomic E-state index is 0.647. The van der Waals surface area contributed by atoms with Crippen LogP contribution in [0.4, 0.5) is 0 Å². The fourth-order valence-electron chi connectivity index (χ4n) is 2.65. The van der Waals surface area contributed by atoms with Gasteiger partial charge in [-0.2, -0.15) is 0 Å². The number of aryl methyl sites for hydroxylation is 1. The topological polar surface area (TPSA) is 12.0 Å². The average Bonchev–Trinajstić information content (AvgIpc) is 2.38. The molecule has 1 fully saturated rings. The lowest BCUT2D eigenvalue weighted by Gasteiger charge is -2.22. The van der Waals surface area contributed by atoms with Crippen molar-refractivity contribution >= 4 is 0 Å². The lowest BCUT2D eigenvalue weighted by atomic mass is 9.90. The summed E-state index contributed by atoms with van der Waals surface area (Å²) in [6.07, 6.45) is 5.35. The molecular formula is C16H25N. The number of hydrogen-bond acceptors (Lipinski definition) is 1. The Morgan fingerprint density at radius 2 is 2.00 bits per heavy atom. The summed E-state index contributed by atoms with van der Waals surface area (Å²) in [5.41, 5.74) is 3.00. The Bertz CT molecular complexity index is 337. The first-order valence-electron chi connectivity index (χ1n) is 7.05. The maximum Gasteiger partial charge on any atom is -0.00463 e. The maximum absolute atomic E-state index is 3.44. The van der Waals surface area contributed by atoms with Crippen LogP contribution in [0.3, 0.4) is 0 Å². The Labute approximate surface area is 106 Å². The average molecular weight is 231 g/mol. The van der Waals surface area contributed by atoms with Crippen LogP contribution in [-0.2, 0) is 6.42 Å². The van der Waals surface area contributed by atoms with E-state index >= 15 is 0 Å². The first kappa shape index (κ1) is 12.6. The van der Waals surface area contributed by atoms with Crippen LogP contribution in [0.2, 0.25) is 0 Å². The van der Waals surface area contributed by atoms with Gasteiger partial charge in [0.2, 0.25) is 0 Å². The van der Waals surface area contributed by atoms with Gasteiger partial charge in [-0.05, 0) is 61.7 Å². The van der Waals surface area contributed by atoms with Crippen molar-refractivity contribution in [2.75, 3.05) is 13.1 Å². The fourth-order valence-corrected chi connectivity index (χ4v) is 2.65. The van der Waals surface area contributed by atoms with Crippen molar-refractivity contribution in [2.24, 2.45) is 5.92 Å². The van der Waals surface area contributed by atoms with E-state index in [0.717, 1.165) is 5.92 Å². The molecule has 1 nitrogen and oxygen atoms in total. The molecule has 1 aliphatic rings. The Morgan fingerprint density at radius 1 is 1.24 bits per heavy atom. The van der Waals surface area contributed by atoms with E-state index < -0.39 is 0 Å². The summed E-state index contributed by atoms with van der Waals surface area (Å²) >= 11 is 0. The van der Waals surface area contributed by atoms with Gasteiger partial charge < -0.3 is 5.32 Å². The third kappa shape index (κ3) is 3.85. The van der Waals surface area contributed by atoms with Crippen molar-refractivity contribution in [2.45, 2.75) is 45.4 Å². The second-order valence-electron chi connectivity index (χ2n) is 5.63. The summed E-state index contributed by atoms with van der Waals surface area (Å²) in [4.78, 5) is 0. The van der Waals surface area contributed by atoms with Crippen molar-refractivity contribution < 1.29 is 0 Å². The van der Waals surface area contributed by atoms with Gasteiger partial charge in [0.05, 0.1) is 0 Å². The first-order valence-corrected chi connectivity index (χ1v) is 7.05.